The summed E-state index contributed by atoms with van der Waals surface area (Å²) >= 11 is 0. The molecule has 6 nitrogen and oxygen atoms in total. The van der Waals surface area contributed by atoms with Crippen molar-refractivity contribution >= 4 is 22.4 Å². The van der Waals surface area contributed by atoms with Gasteiger partial charge in [0.25, 0.3) is 0 Å². The fourth-order valence-corrected chi connectivity index (χ4v) is 3.11. The predicted molar refractivity (Wildman–Crippen MR) is 90.6 cm³/mol. The number of aromatic nitrogens is 3. The molecule has 0 amide bonds. The summed E-state index contributed by atoms with van der Waals surface area (Å²) in [6, 6.07) is 7.81. The van der Waals surface area contributed by atoms with Crippen LogP contribution in [0.3, 0.4) is 0 Å². The molecule has 2 aromatic heterocycles. The summed E-state index contributed by atoms with van der Waals surface area (Å²) in [6.45, 7) is 0.780. The molecule has 1 unspecified atom stereocenters. The Kier molecular flexibility index (Phi) is 3.38. The van der Waals surface area contributed by atoms with E-state index < -0.39 is 0 Å². The molecule has 0 bridgehead atoms. The lowest BCUT2D eigenvalue weighted by atomic mass is 10.0. The number of fused-ring (bicyclic) bond motifs is 1. The largest absolute Gasteiger partial charge is 0.398 e. The Balaban J connectivity index is 1.84. The summed E-state index contributed by atoms with van der Waals surface area (Å²) in [7, 11) is 0. The first-order valence-electron chi connectivity index (χ1n) is 7.82. The van der Waals surface area contributed by atoms with Crippen molar-refractivity contribution in [3.05, 3.63) is 36.7 Å². The highest BCUT2D eigenvalue weighted by molar-refractivity contribution is 5.94. The number of nitrogen functional groups attached to an aromatic ring is 2. The number of hydrogen-bond acceptors (Lipinski definition) is 5. The van der Waals surface area contributed by atoms with Crippen LogP contribution in [0.25, 0.3) is 22.0 Å². The van der Waals surface area contributed by atoms with Gasteiger partial charge in [0.2, 0.25) is 0 Å². The van der Waals surface area contributed by atoms with Gasteiger partial charge >= 0.3 is 0 Å². The normalized spacial score (nSPS) is 18.3. The minimum Gasteiger partial charge on any atom is -0.398 e. The van der Waals surface area contributed by atoms with Crippen LogP contribution < -0.4 is 11.5 Å². The van der Waals surface area contributed by atoms with Gasteiger partial charge in [-0.1, -0.05) is 0 Å². The van der Waals surface area contributed by atoms with E-state index in [0.717, 1.165) is 47.9 Å². The average molecular weight is 309 g/mol. The standard InChI is InChI=1S/C17H19N5O/c18-14-7-12(11-4-5-20-16(19)9-11)8-15-13(14)10-21-22(15)17-3-1-2-6-23-17/h4-5,7-10,17H,1-3,6,18H2,(H2,19,20). The van der Waals surface area contributed by atoms with Crippen molar-refractivity contribution in [3.8, 4) is 11.1 Å². The zero-order chi connectivity index (χ0) is 15.8. The highest BCUT2D eigenvalue weighted by atomic mass is 16.5. The number of benzene rings is 1. The molecule has 1 saturated heterocycles. The van der Waals surface area contributed by atoms with Crippen LogP contribution in [-0.2, 0) is 4.74 Å². The third kappa shape index (κ3) is 2.51. The summed E-state index contributed by atoms with van der Waals surface area (Å²) < 4.78 is 7.81. The fraction of sp³-hybridized carbons (Fsp3) is 0.294. The molecule has 118 valence electrons. The quantitative estimate of drug-likeness (QED) is 0.710. The number of ether oxygens (including phenoxy) is 1. The third-order valence-electron chi connectivity index (χ3n) is 4.29. The van der Waals surface area contributed by atoms with E-state index in [9.17, 15) is 0 Å². The van der Waals surface area contributed by atoms with Crippen LogP contribution in [0.5, 0.6) is 0 Å². The topological polar surface area (TPSA) is 92.0 Å². The van der Waals surface area contributed by atoms with E-state index in [-0.39, 0.29) is 6.23 Å². The molecule has 0 radical (unpaired) electrons. The van der Waals surface area contributed by atoms with Crippen LogP contribution in [0.1, 0.15) is 25.5 Å². The maximum Gasteiger partial charge on any atom is 0.150 e. The monoisotopic (exact) mass is 309 g/mol. The van der Waals surface area contributed by atoms with Crippen LogP contribution in [-0.4, -0.2) is 21.4 Å². The Morgan fingerprint density at radius 2 is 2.04 bits per heavy atom. The SMILES string of the molecule is Nc1cc(-c2cc(N)c3cnn(C4CCCCO4)c3c2)ccn1. The van der Waals surface area contributed by atoms with Crippen LogP contribution >= 0.6 is 0 Å². The van der Waals surface area contributed by atoms with Crippen LogP contribution in [0.15, 0.2) is 36.7 Å². The first-order chi connectivity index (χ1) is 11.2. The zero-order valence-corrected chi connectivity index (χ0v) is 12.8. The van der Waals surface area contributed by atoms with Crippen molar-refractivity contribution in [2.75, 3.05) is 18.1 Å². The van der Waals surface area contributed by atoms with E-state index in [2.05, 4.69) is 16.1 Å². The van der Waals surface area contributed by atoms with Crippen molar-refractivity contribution in [3.63, 3.8) is 0 Å². The number of rotatable bonds is 2. The fourth-order valence-electron chi connectivity index (χ4n) is 3.11. The molecule has 3 heterocycles. The van der Waals surface area contributed by atoms with E-state index in [4.69, 9.17) is 16.2 Å². The maximum atomic E-state index is 6.23. The summed E-state index contributed by atoms with van der Waals surface area (Å²) in [5.41, 5.74) is 15.7. The lowest BCUT2D eigenvalue weighted by Crippen LogP contribution is -2.19. The van der Waals surface area contributed by atoms with Crippen molar-refractivity contribution in [1.29, 1.82) is 0 Å². The Bertz CT molecular complexity index is 851. The second kappa shape index (κ2) is 5.55. The van der Waals surface area contributed by atoms with Gasteiger partial charge in [-0.2, -0.15) is 5.10 Å². The molecule has 23 heavy (non-hydrogen) atoms. The molecule has 1 fully saturated rings. The minimum atomic E-state index is -0.0154. The molecule has 0 aliphatic carbocycles. The summed E-state index contributed by atoms with van der Waals surface area (Å²) in [5, 5.41) is 5.46. The van der Waals surface area contributed by atoms with Gasteiger partial charge < -0.3 is 16.2 Å². The smallest absolute Gasteiger partial charge is 0.150 e. The highest BCUT2D eigenvalue weighted by Crippen LogP contribution is 2.33. The molecule has 6 heteroatoms. The van der Waals surface area contributed by atoms with E-state index >= 15 is 0 Å². The Morgan fingerprint density at radius 3 is 2.83 bits per heavy atom. The number of hydrogen-bond donors (Lipinski definition) is 2. The van der Waals surface area contributed by atoms with Crippen LogP contribution in [0.2, 0.25) is 0 Å². The molecule has 1 aliphatic rings. The van der Waals surface area contributed by atoms with Gasteiger partial charge in [-0.05, 0) is 54.7 Å². The summed E-state index contributed by atoms with van der Waals surface area (Å²) in [5.74, 6) is 0.491. The molecule has 0 spiro atoms. The molecule has 1 aliphatic heterocycles. The molecule has 0 saturated carbocycles. The van der Waals surface area contributed by atoms with E-state index in [0.29, 0.717) is 11.5 Å². The van der Waals surface area contributed by atoms with Crippen molar-refractivity contribution in [1.82, 2.24) is 14.8 Å². The molecular formula is C17H19N5O. The van der Waals surface area contributed by atoms with E-state index in [1.807, 2.05) is 29.1 Å². The van der Waals surface area contributed by atoms with Gasteiger partial charge in [-0.15, -0.1) is 0 Å². The molecular weight excluding hydrogens is 290 g/mol. The number of nitrogens with two attached hydrogens (primary N) is 2. The lowest BCUT2D eigenvalue weighted by molar-refractivity contribution is -0.0366. The highest BCUT2D eigenvalue weighted by Gasteiger charge is 2.19. The third-order valence-corrected chi connectivity index (χ3v) is 4.29. The van der Waals surface area contributed by atoms with Gasteiger partial charge in [0, 0.05) is 23.9 Å². The van der Waals surface area contributed by atoms with Gasteiger partial charge in [0.15, 0.2) is 6.23 Å². The Morgan fingerprint density at radius 1 is 1.13 bits per heavy atom. The van der Waals surface area contributed by atoms with Gasteiger partial charge in [0.1, 0.15) is 5.82 Å². The van der Waals surface area contributed by atoms with Crippen LogP contribution in [0.4, 0.5) is 11.5 Å². The first-order valence-corrected chi connectivity index (χ1v) is 7.82. The van der Waals surface area contributed by atoms with Crippen molar-refractivity contribution in [2.24, 2.45) is 0 Å². The van der Waals surface area contributed by atoms with Crippen LogP contribution in [0, 0.1) is 0 Å². The minimum absolute atomic E-state index is 0.0154. The maximum absolute atomic E-state index is 6.23. The Labute approximate surface area is 134 Å². The second-order valence-corrected chi connectivity index (χ2v) is 5.88. The Hall–Kier alpha value is -2.60. The molecule has 1 atom stereocenters. The molecule has 3 aromatic rings. The number of pyridine rings is 1. The molecule has 1 aromatic carbocycles. The summed E-state index contributed by atoms with van der Waals surface area (Å²) in [6.07, 6.45) is 6.74. The summed E-state index contributed by atoms with van der Waals surface area (Å²) in [4.78, 5) is 4.04. The van der Waals surface area contributed by atoms with Gasteiger partial charge in [0.05, 0.1) is 11.7 Å². The van der Waals surface area contributed by atoms with Gasteiger partial charge in [-0.25, -0.2) is 9.67 Å². The lowest BCUT2D eigenvalue weighted by Gasteiger charge is -2.23. The first kappa shape index (κ1) is 14.0. The number of nitrogens with zero attached hydrogens (tertiary/aromatic N) is 3. The molecule has 4 N–H and O–H groups in total. The zero-order valence-electron chi connectivity index (χ0n) is 12.8. The number of anilines is 2. The van der Waals surface area contributed by atoms with E-state index in [1.54, 1.807) is 6.20 Å². The second-order valence-electron chi connectivity index (χ2n) is 5.88. The van der Waals surface area contributed by atoms with Crippen molar-refractivity contribution < 1.29 is 4.74 Å². The van der Waals surface area contributed by atoms with E-state index in [1.165, 1.54) is 0 Å². The average Bonchev–Trinajstić information content (AvgIpc) is 3.00. The van der Waals surface area contributed by atoms with Crippen molar-refractivity contribution in [2.45, 2.75) is 25.5 Å². The molecule has 4 rings (SSSR count). The van der Waals surface area contributed by atoms with Gasteiger partial charge in [-0.3, -0.25) is 0 Å². The predicted octanol–water partition coefficient (Wildman–Crippen LogP) is 2.96.